The molecule has 0 bridgehead atoms. The Kier molecular flexibility index (Phi) is 7.49. The van der Waals surface area contributed by atoms with E-state index >= 15 is 0 Å². The first-order valence-corrected chi connectivity index (χ1v) is 10.8. The van der Waals surface area contributed by atoms with Gasteiger partial charge in [-0.2, -0.15) is 0 Å². The summed E-state index contributed by atoms with van der Waals surface area (Å²) in [5.41, 5.74) is 1.94. The fraction of sp³-hybridized carbons (Fsp3) is 0.522. The molecule has 4 rings (SSSR count). The third-order valence-corrected chi connectivity index (χ3v) is 6.44. The number of hydrogen-bond acceptors (Lipinski definition) is 5. The van der Waals surface area contributed by atoms with Crippen molar-refractivity contribution in [3.63, 3.8) is 0 Å². The standard InChI is InChI=1S/C23H28FN3O3.ClH/c1-15-18(23(30)27-10-3-2-4-21(27)25-15)9-13-26-11-7-16(8-12-26)22(29)19-6-5-17(24)14-20(19)28;/h5-6,14,16,28H,2-4,7-13H2,1H3;1H. The smallest absolute Gasteiger partial charge is 0.256 e. The second-order valence-electron chi connectivity index (χ2n) is 8.40. The number of nitrogens with zero attached hydrogens (tertiary/aromatic N) is 3. The molecule has 0 radical (unpaired) electrons. The number of aromatic hydroxyl groups is 1. The minimum absolute atomic E-state index is 0. The van der Waals surface area contributed by atoms with Gasteiger partial charge in [0.05, 0.1) is 5.56 Å². The van der Waals surface area contributed by atoms with Crippen molar-refractivity contribution < 1.29 is 14.3 Å². The molecule has 1 aromatic carbocycles. The Hall–Kier alpha value is -2.25. The summed E-state index contributed by atoms with van der Waals surface area (Å²) in [6.07, 6.45) is 5.04. The highest BCUT2D eigenvalue weighted by Crippen LogP contribution is 2.27. The number of piperidine rings is 1. The normalized spacial score (nSPS) is 17.1. The van der Waals surface area contributed by atoms with Crippen LogP contribution in [0.1, 0.15) is 53.1 Å². The maximum atomic E-state index is 13.2. The fourth-order valence-corrected chi connectivity index (χ4v) is 4.64. The molecule has 1 N–H and O–H groups in total. The Bertz CT molecular complexity index is 1020. The molecule has 2 aromatic rings. The van der Waals surface area contributed by atoms with E-state index in [1.807, 2.05) is 11.5 Å². The Labute approximate surface area is 187 Å². The maximum Gasteiger partial charge on any atom is 0.256 e. The third-order valence-electron chi connectivity index (χ3n) is 6.44. The van der Waals surface area contributed by atoms with E-state index in [0.717, 1.165) is 68.6 Å². The van der Waals surface area contributed by atoms with E-state index in [1.165, 1.54) is 12.1 Å². The number of phenolic OH excluding ortho intramolecular Hbond substituents is 1. The first-order chi connectivity index (χ1) is 14.4. The minimum Gasteiger partial charge on any atom is -0.507 e. The lowest BCUT2D eigenvalue weighted by Crippen LogP contribution is -2.39. The first kappa shape index (κ1) is 23.4. The third kappa shape index (κ3) is 4.99. The molecule has 0 atom stereocenters. The van der Waals surface area contributed by atoms with Gasteiger partial charge in [-0.3, -0.25) is 14.2 Å². The topological polar surface area (TPSA) is 75.4 Å². The highest BCUT2D eigenvalue weighted by molar-refractivity contribution is 6.00. The van der Waals surface area contributed by atoms with Crippen molar-refractivity contribution in [3.05, 3.63) is 57.0 Å². The largest absolute Gasteiger partial charge is 0.507 e. The Morgan fingerprint density at radius 1 is 1.23 bits per heavy atom. The summed E-state index contributed by atoms with van der Waals surface area (Å²) in [5.74, 6) is -0.230. The number of likely N-dealkylation sites (tertiary alicyclic amines) is 1. The van der Waals surface area contributed by atoms with Gasteiger partial charge in [0.15, 0.2) is 5.78 Å². The summed E-state index contributed by atoms with van der Waals surface area (Å²) < 4.78 is 15.0. The average molecular weight is 450 g/mol. The number of hydrogen-bond donors (Lipinski definition) is 1. The van der Waals surface area contributed by atoms with Gasteiger partial charge in [-0.15, -0.1) is 12.4 Å². The van der Waals surface area contributed by atoms with Crippen LogP contribution in [0.25, 0.3) is 0 Å². The molecule has 2 aliphatic rings. The quantitative estimate of drug-likeness (QED) is 0.709. The van der Waals surface area contributed by atoms with Crippen LogP contribution in [0, 0.1) is 18.7 Å². The van der Waals surface area contributed by atoms with E-state index in [-0.39, 0.29) is 41.0 Å². The van der Waals surface area contributed by atoms with Gasteiger partial charge in [-0.1, -0.05) is 0 Å². The molecule has 8 heteroatoms. The number of Topliss-reactive ketones (excluding diaryl/α,β-unsaturated/α-hetero) is 1. The van der Waals surface area contributed by atoms with Crippen LogP contribution in [0.4, 0.5) is 4.39 Å². The number of aromatic nitrogens is 2. The number of aryl methyl sites for hydroxylation is 2. The van der Waals surface area contributed by atoms with Gasteiger partial charge >= 0.3 is 0 Å². The monoisotopic (exact) mass is 449 g/mol. The average Bonchev–Trinajstić information content (AvgIpc) is 2.73. The lowest BCUT2D eigenvalue weighted by atomic mass is 9.88. The molecule has 0 amide bonds. The fourth-order valence-electron chi connectivity index (χ4n) is 4.64. The molecule has 1 aromatic heterocycles. The highest BCUT2D eigenvalue weighted by Gasteiger charge is 2.27. The number of phenols is 1. The van der Waals surface area contributed by atoms with Crippen LogP contribution in [-0.2, 0) is 19.4 Å². The summed E-state index contributed by atoms with van der Waals surface area (Å²) in [5, 5.41) is 9.88. The number of benzene rings is 1. The van der Waals surface area contributed by atoms with Gasteiger partial charge in [0.1, 0.15) is 17.4 Å². The van der Waals surface area contributed by atoms with Crippen molar-refractivity contribution in [1.82, 2.24) is 14.5 Å². The van der Waals surface area contributed by atoms with Crippen molar-refractivity contribution in [2.75, 3.05) is 19.6 Å². The Balaban J connectivity index is 0.00000272. The molecule has 0 aliphatic carbocycles. The predicted molar refractivity (Wildman–Crippen MR) is 119 cm³/mol. The molecule has 168 valence electrons. The number of halogens is 2. The summed E-state index contributed by atoms with van der Waals surface area (Å²) in [7, 11) is 0. The molecular weight excluding hydrogens is 421 g/mol. The van der Waals surface area contributed by atoms with E-state index in [9.17, 15) is 19.1 Å². The van der Waals surface area contributed by atoms with Gasteiger partial charge < -0.3 is 10.0 Å². The van der Waals surface area contributed by atoms with Gasteiger partial charge in [0.2, 0.25) is 0 Å². The molecule has 1 saturated heterocycles. The summed E-state index contributed by atoms with van der Waals surface area (Å²) >= 11 is 0. The maximum absolute atomic E-state index is 13.2. The van der Waals surface area contributed by atoms with Crippen molar-refractivity contribution in [1.29, 1.82) is 0 Å². The van der Waals surface area contributed by atoms with Crippen LogP contribution >= 0.6 is 12.4 Å². The number of ketones is 1. The zero-order chi connectivity index (χ0) is 21.3. The Morgan fingerprint density at radius 3 is 2.68 bits per heavy atom. The van der Waals surface area contributed by atoms with Crippen LogP contribution in [-0.4, -0.2) is 45.0 Å². The number of carbonyl (C=O) groups is 1. The van der Waals surface area contributed by atoms with Crippen molar-refractivity contribution in [2.24, 2.45) is 5.92 Å². The van der Waals surface area contributed by atoms with Gasteiger partial charge in [-0.05, 0) is 64.3 Å². The lowest BCUT2D eigenvalue weighted by molar-refractivity contribution is 0.0838. The second-order valence-corrected chi connectivity index (χ2v) is 8.40. The SMILES string of the molecule is Cc1nc2n(c(=O)c1CCN1CCC(C(=O)c3ccc(F)cc3O)CC1)CCCC2.Cl. The zero-order valence-electron chi connectivity index (χ0n) is 17.8. The van der Waals surface area contributed by atoms with Crippen LogP contribution in [0.5, 0.6) is 5.75 Å². The van der Waals surface area contributed by atoms with Gasteiger partial charge in [0.25, 0.3) is 5.56 Å². The lowest BCUT2D eigenvalue weighted by Gasteiger charge is -2.31. The van der Waals surface area contributed by atoms with Crippen molar-refractivity contribution >= 4 is 18.2 Å². The summed E-state index contributed by atoms with van der Waals surface area (Å²) in [6, 6.07) is 3.55. The second kappa shape index (κ2) is 9.92. The van der Waals surface area contributed by atoms with Gasteiger partial charge in [0, 0.05) is 42.8 Å². The number of fused-ring (bicyclic) bond motifs is 1. The van der Waals surface area contributed by atoms with Crippen LogP contribution in [0.3, 0.4) is 0 Å². The van der Waals surface area contributed by atoms with Crippen LogP contribution in [0.2, 0.25) is 0 Å². The summed E-state index contributed by atoms with van der Waals surface area (Å²) in [6.45, 7) is 4.97. The molecular formula is C23H29ClFN3O3. The van der Waals surface area contributed by atoms with E-state index in [2.05, 4.69) is 9.88 Å². The number of rotatable bonds is 5. The molecule has 0 spiro atoms. The molecule has 0 unspecified atom stereocenters. The van der Waals surface area contributed by atoms with E-state index in [1.54, 1.807) is 0 Å². The van der Waals surface area contributed by atoms with Crippen LogP contribution in [0.15, 0.2) is 23.0 Å². The minimum atomic E-state index is -0.554. The molecule has 6 nitrogen and oxygen atoms in total. The molecule has 0 saturated carbocycles. The zero-order valence-corrected chi connectivity index (χ0v) is 18.6. The van der Waals surface area contributed by atoms with Crippen molar-refractivity contribution in [3.8, 4) is 5.75 Å². The summed E-state index contributed by atoms with van der Waals surface area (Å²) in [4.78, 5) is 32.5. The molecule has 2 aliphatic heterocycles. The molecule has 1 fully saturated rings. The highest BCUT2D eigenvalue weighted by atomic mass is 35.5. The van der Waals surface area contributed by atoms with E-state index in [4.69, 9.17) is 0 Å². The molecule has 31 heavy (non-hydrogen) atoms. The Morgan fingerprint density at radius 2 is 1.97 bits per heavy atom. The van der Waals surface area contributed by atoms with Crippen molar-refractivity contribution in [2.45, 2.75) is 52.0 Å². The van der Waals surface area contributed by atoms with E-state index in [0.29, 0.717) is 19.3 Å². The predicted octanol–water partition coefficient (Wildman–Crippen LogP) is 3.29. The van der Waals surface area contributed by atoms with Crippen LogP contribution < -0.4 is 5.56 Å². The number of carbonyl (C=O) groups excluding carboxylic acids is 1. The van der Waals surface area contributed by atoms with Gasteiger partial charge in [-0.25, -0.2) is 9.37 Å². The first-order valence-electron chi connectivity index (χ1n) is 10.8. The molecule has 3 heterocycles. The van der Waals surface area contributed by atoms with E-state index < -0.39 is 5.82 Å².